The van der Waals surface area contributed by atoms with Crippen molar-refractivity contribution in [2.24, 2.45) is 0 Å². The van der Waals surface area contributed by atoms with Crippen LogP contribution in [0.5, 0.6) is 0 Å². The molecular formula is C23H23F4N3O2. The largest absolute Gasteiger partial charge is 0.419 e. The van der Waals surface area contributed by atoms with Crippen molar-refractivity contribution in [1.82, 2.24) is 15.1 Å². The maximum atomic E-state index is 13.9. The van der Waals surface area contributed by atoms with E-state index in [-0.39, 0.29) is 17.5 Å². The lowest BCUT2D eigenvalue weighted by Crippen LogP contribution is -2.58. The van der Waals surface area contributed by atoms with Gasteiger partial charge < -0.3 is 9.80 Å². The van der Waals surface area contributed by atoms with Crippen LogP contribution >= 0.6 is 0 Å². The molecule has 0 aliphatic carbocycles. The van der Waals surface area contributed by atoms with Gasteiger partial charge in [0.05, 0.1) is 17.3 Å². The molecule has 2 fully saturated rings. The third-order valence-electron chi connectivity index (χ3n) is 6.40. The number of likely N-dealkylation sites (N-methyl/N-ethyl adjacent to an activating group) is 1. The topological polar surface area (TPSA) is 52.7 Å². The van der Waals surface area contributed by atoms with E-state index in [9.17, 15) is 27.2 Å². The van der Waals surface area contributed by atoms with Crippen molar-refractivity contribution in [1.29, 1.82) is 0 Å². The maximum Gasteiger partial charge on any atom is 0.419 e. The van der Waals surface area contributed by atoms with E-state index in [2.05, 4.69) is 5.32 Å². The van der Waals surface area contributed by atoms with Gasteiger partial charge in [-0.25, -0.2) is 4.39 Å². The zero-order valence-corrected chi connectivity index (χ0v) is 17.5. The van der Waals surface area contributed by atoms with Crippen molar-refractivity contribution in [3.63, 3.8) is 0 Å². The molecule has 1 unspecified atom stereocenters. The Hall–Kier alpha value is -2.94. The lowest BCUT2D eigenvalue weighted by Gasteiger charge is -2.43. The van der Waals surface area contributed by atoms with E-state index in [4.69, 9.17) is 0 Å². The van der Waals surface area contributed by atoms with Crippen molar-refractivity contribution >= 4 is 11.8 Å². The van der Waals surface area contributed by atoms with E-state index in [0.29, 0.717) is 44.5 Å². The summed E-state index contributed by atoms with van der Waals surface area (Å²) in [6.07, 6.45) is -3.32. The molecule has 5 nitrogen and oxygen atoms in total. The van der Waals surface area contributed by atoms with Crippen LogP contribution in [0, 0.1) is 5.82 Å². The molecule has 1 spiro atoms. The Bertz CT molecular complexity index is 1020. The van der Waals surface area contributed by atoms with Gasteiger partial charge in [0.1, 0.15) is 5.82 Å². The fraction of sp³-hybridized carbons (Fsp3) is 0.391. The van der Waals surface area contributed by atoms with E-state index in [1.165, 1.54) is 4.90 Å². The van der Waals surface area contributed by atoms with Crippen molar-refractivity contribution in [2.45, 2.75) is 37.1 Å². The second kappa shape index (κ2) is 8.20. The fourth-order valence-corrected chi connectivity index (χ4v) is 4.54. The number of amides is 2. The number of likely N-dealkylation sites (tertiary alicyclic amines) is 1. The Kier molecular flexibility index (Phi) is 5.70. The van der Waals surface area contributed by atoms with Crippen molar-refractivity contribution in [3.8, 4) is 0 Å². The molecule has 2 amide bonds. The number of carbonyl (C=O) groups excluding carboxylic acids is 2. The highest BCUT2D eigenvalue weighted by molar-refractivity contribution is 5.94. The number of alkyl halides is 3. The molecule has 2 aliphatic heterocycles. The Morgan fingerprint density at radius 1 is 1.12 bits per heavy atom. The second-order valence-electron chi connectivity index (χ2n) is 8.30. The number of nitrogens with one attached hydrogen (secondary N) is 1. The average Bonchev–Trinajstić information content (AvgIpc) is 2.98. The summed E-state index contributed by atoms with van der Waals surface area (Å²) in [5.41, 5.74) is -1.07. The minimum Gasteiger partial charge on any atom is -0.338 e. The molecular weight excluding hydrogens is 426 g/mol. The van der Waals surface area contributed by atoms with E-state index in [0.717, 1.165) is 11.6 Å². The van der Waals surface area contributed by atoms with Gasteiger partial charge in [0.15, 0.2) is 0 Å². The van der Waals surface area contributed by atoms with Crippen LogP contribution in [0.1, 0.15) is 34.3 Å². The summed E-state index contributed by atoms with van der Waals surface area (Å²) < 4.78 is 52.2. The maximum absolute atomic E-state index is 13.9. The first-order chi connectivity index (χ1) is 15.1. The number of piperidine rings is 1. The smallest absolute Gasteiger partial charge is 0.338 e. The number of carbonyl (C=O) groups is 2. The predicted molar refractivity (Wildman–Crippen MR) is 109 cm³/mol. The lowest BCUT2D eigenvalue weighted by atomic mass is 9.95. The van der Waals surface area contributed by atoms with Gasteiger partial charge in [0.25, 0.3) is 5.91 Å². The molecule has 0 aromatic heterocycles. The van der Waals surface area contributed by atoms with Gasteiger partial charge in [-0.1, -0.05) is 30.3 Å². The van der Waals surface area contributed by atoms with E-state index >= 15 is 0 Å². The predicted octanol–water partition coefficient (Wildman–Crippen LogP) is 3.45. The van der Waals surface area contributed by atoms with Gasteiger partial charge in [-0.3, -0.25) is 14.9 Å². The van der Waals surface area contributed by atoms with E-state index in [1.807, 2.05) is 30.3 Å². The molecule has 2 heterocycles. The Labute approximate surface area is 183 Å². The molecule has 2 aromatic carbocycles. The molecule has 32 heavy (non-hydrogen) atoms. The van der Waals surface area contributed by atoms with Gasteiger partial charge in [-0.2, -0.15) is 13.2 Å². The third kappa shape index (κ3) is 4.09. The molecule has 2 saturated heterocycles. The number of benzene rings is 2. The molecule has 1 atom stereocenters. The van der Waals surface area contributed by atoms with Crippen LogP contribution in [0.3, 0.4) is 0 Å². The average molecular weight is 449 g/mol. The quantitative estimate of drug-likeness (QED) is 0.731. The second-order valence-corrected chi connectivity index (χ2v) is 8.30. The normalized spacial score (nSPS) is 20.8. The standard InChI is InChI=1S/C23H23F4N3O2/c1-29-21(32)19(13-15-5-3-2-4-6-15)28-22(29)9-11-30(12-10-22)20(31)16-7-8-17(18(24)14-16)23(25,26)27/h2-8,14,19,28H,9-13H2,1H3. The summed E-state index contributed by atoms with van der Waals surface area (Å²) in [5.74, 6) is -2.01. The van der Waals surface area contributed by atoms with Crippen LogP contribution in [-0.2, 0) is 17.4 Å². The number of nitrogens with zero attached hydrogens (tertiary/aromatic N) is 2. The zero-order valence-electron chi connectivity index (χ0n) is 17.5. The van der Waals surface area contributed by atoms with E-state index in [1.54, 1.807) is 11.9 Å². The molecule has 0 bridgehead atoms. The van der Waals surface area contributed by atoms with Gasteiger partial charge in [-0.15, -0.1) is 0 Å². The van der Waals surface area contributed by atoms with Gasteiger partial charge in [0.2, 0.25) is 5.91 Å². The molecule has 0 saturated carbocycles. The highest BCUT2D eigenvalue weighted by atomic mass is 19.4. The Morgan fingerprint density at radius 3 is 2.38 bits per heavy atom. The summed E-state index contributed by atoms with van der Waals surface area (Å²) in [6.45, 7) is 0.592. The van der Waals surface area contributed by atoms with Gasteiger partial charge >= 0.3 is 6.18 Å². The van der Waals surface area contributed by atoms with Crippen LogP contribution in [0.15, 0.2) is 48.5 Å². The number of halogens is 4. The minimum absolute atomic E-state index is 0.0153. The number of rotatable bonds is 3. The van der Waals surface area contributed by atoms with Crippen molar-refractivity contribution in [2.75, 3.05) is 20.1 Å². The summed E-state index contributed by atoms with van der Waals surface area (Å²) in [6, 6.07) is 11.5. The lowest BCUT2D eigenvalue weighted by molar-refractivity contribution is -0.140. The molecule has 2 aliphatic rings. The third-order valence-corrected chi connectivity index (χ3v) is 6.40. The number of hydrogen-bond donors (Lipinski definition) is 1. The van der Waals surface area contributed by atoms with E-state index < -0.39 is 29.1 Å². The molecule has 0 radical (unpaired) electrons. The van der Waals surface area contributed by atoms with Crippen molar-refractivity contribution < 1.29 is 27.2 Å². The van der Waals surface area contributed by atoms with Gasteiger partial charge in [-0.05, 0) is 30.2 Å². The first kappa shape index (κ1) is 22.3. The Morgan fingerprint density at radius 2 is 1.78 bits per heavy atom. The minimum atomic E-state index is -4.81. The highest BCUT2D eigenvalue weighted by Crippen LogP contribution is 2.34. The first-order valence-corrected chi connectivity index (χ1v) is 10.4. The van der Waals surface area contributed by atoms with Gasteiger partial charge in [0, 0.05) is 38.5 Å². The summed E-state index contributed by atoms with van der Waals surface area (Å²) >= 11 is 0. The summed E-state index contributed by atoms with van der Waals surface area (Å²) in [7, 11) is 1.74. The van der Waals surface area contributed by atoms with Crippen LogP contribution in [0.4, 0.5) is 17.6 Å². The first-order valence-electron chi connectivity index (χ1n) is 10.4. The van der Waals surface area contributed by atoms with Crippen LogP contribution in [0.25, 0.3) is 0 Å². The molecule has 1 N–H and O–H groups in total. The van der Waals surface area contributed by atoms with Crippen LogP contribution in [0.2, 0.25) is 0 Å². The fourth-order valence-electron chi connectivity index (χ4n) is 4.54. The number of hydrogen-bond acceptors (Lipinski definition) is 3. The molecule has 9 heteroatoms. The molecule has 4 rings (SSSR count). The Balaban J connectivity index is 1.43. The van der Waals surface area contributed by atoms with Crippen LogP contribution < -0.4 is 5.32 Å². The zero-order chi connectivity index (χ0) is 23.1. The molecule has 170 valence electrons. The monoisotopic (exact) mass is 449 g/mol. The van der Waals surface area contributed by atoms with Crippen LogP contribution in [-0.4, -0.2) is 53.5 Å². The van der Waals surface area contributed by atoms with Crippen molar-refractivity contribution in [3.05, 3.63) is 71.0 Å². The highest BCUT2D eigenvalue weighted by Gasteiger charge is 2.50. The summed E-state index contributed by atoms with van der Waals surface area (Å²) in [5, 5.41) is 3.44. The SMILES string of the molecule is CN1C(=O)C(Cc2ccccc2)NC12CCN(C(=O)c1ccc(C(F)(F)F)c(F)c1)CC2. The molecule has 2 aromatic rings. The summed E-state index contributed by atoms with van der Waals surface area (Å²) in [4.78, 5) is 28.7.